The maximum Gasteiger partial charge on any atom is 0.337 e. The summed E-state index contributed by atoms with van der Waals surface area (Å²) in [7, 11) is 6.19. The molecule has 0 atom stereocenters. The Balaban J connectivity index is 2.38. The summed E-state index contributed by atoms with van der Waals surface area (Å²) in [6.45, 7) is 0. The molecule has 144 valence electrons. The van der Waals surface area contributed by atoms with Gasteiger partial charge in [0.2, 0.25) is 5.78 Å². The maximum absolute atomic E-state index is 14.3. The first-order valence-electron chi connectivity index (χ1n) is 8.29. The summed E-state index contributed by atoms with van der Waals surface area (Å²) in [5.74, 6) is -1.96. The highest BCUT2D eigenvalue weighted by atomic mass is 19.1. The zero-order valence-corrected chi connectivity index (χ0v) is 16.0. The monoisotopic (exact) mass is 383 g/mol. The summed E-state index contributed by atoms with van der Waals surface area (Å²) >= 11 is 0. The molecular weight excluding hydrogens is 363 g/mol. The molecule has 0 bridgehead atoms. The second-order valence-electron chi connectivity index (χ2n) is 5.94. The minimum Gasteiger partial charge on any atom is -0.465 e. The van der Waals surface area contributed by atoms with Crippen molar-refractivity contribution in [3.8, 4) is 11.8 Å². The minimum atomic E-state index is -0.658. The van der Waals surface area contributed by atoms with Gasteiger partial charge < -0.3 is 14.4 Å². The van der Waals surface area contributed by atoms with Crippen molar-refractivity contribution in [3.63, 3.8) is 0 Å². The van der Waals surface area contributed by atoms with E-state index in [1.54, 1.807) is 31.1 Å². The zero-order chi connectivity index (χ0) is 20.7. The molecule has 0 fully saturated rings. The fourth-order valence-corrected chi connectivity index (χ4v) is 2.31. The number of hydrogen-bond acceptors (Lipinski definition) is 5. The number of methoxy groups -OCH3 is 1. The lowest BCUT2D eigenvalue weighted by molar-refractivity contribution is 0.0600. The van der Waals surface area contributed by atoms with Gasteiger partial charge in [-0.15, -0.1) is 0 Å². The predicted molar refractivity (Wildman–Crippen MR) is 103 cm³/mol. The molecule has 0 saturated heterocycles. The van der Waals surface area contributed by atoms with E-state index in [9.17, 15) is 14.0 Å². The van der Waals surface area contributed by atoms with Crippen molar-refractivity contribution in [3.05, 3.63) is 81.8 Å². The molecule has 0 aliphatic rings. The lowest BCUT2D eigenvalue weighted by Gasteiger charge is -2.13. The molecule has 0 heterocycles. The van der Waals surface area contributed by atoms with Crippen LogP contribution in [-0.4, -0.2) is 44.9 Å². The summed E-state index contributed by atoms with van der Waals surface area (Å²) in [4.78, 5) is 29.9. The van der Waals surface area contributed by atoms with Crippen LogP contribution < -0.4 is 4.74 Å². The predicted octanol–water partition coefficient (Wildman–Crippen LogP) is 3.59. The van der Waals surface area contributed by atoms with E-state index in [1.807, 2.05) is 0 Å². The number of halogens is 1. The van der Waals surface area contributed by atoms with Crippen LogP contribution in [0.15, 0.2) is 54.4 Å². The Morgan fingerprint density at radius 2 is 1.86 bits per heavy atom. The normalized spacial score (nSPS) is 10.5. The van der Waals surface area contributed by atoms with Gasteiger partial charge >= 0.3 is 12.0 Å². The fraction of sp³-hybridized carbons (Fsp3) is 0.190. The molecule has 0 aliphatic carbocycles. The molecule has 0 radical (unpaired) electrons. The average molecular weight is 383 g/mol. The van der Waals surface area contributed by atoms with Gasteiger partial charge in [0, 0.05) is 25.9 Å². The molecule has 0 spiro atoms. The number of ether oxygens (including phenoxy) is 2. The molecule has 2 aromatic rings. The van der Waals surface area contributed by atoms with Crippen LogP contribution >= 0.6 is 0 Å². The Bertz CT molecular complexity index is 987. The SMILES string of the molecule is C[N+]#Cc1ccc(O/C(=C\N(C)C)C(=O)c2cccc(C(=O)OC)c2)c(F)c1. The third kappa shape index (κ3) is 5.17. The molecule has 0 N–H and O–H groups in total. The van der Waals surface area contributed by atoms with Gasteiger partial charge in [0.05, 0.1) is 12.7 Å². The van der Waals surface area contributed by atoms with Crippen LogP contribution in [0.2, 0.25) is 0 Å². The summed E-state index contributed by atoms with van der Waals surface area (Å²) in [5.41, 5.74) is 0.879. The van der Waals surface area contributed by atoms with Gasteiger partial charge in [-0.1, -0.05) is 17.0 Å². The van der Waals surface area contributed by atoms with E-state index in [0.29, 0.717) is 5.56 Å². The highest BCUT2D eigenvalue weighted by Crippen LogP contribution is 2.22. The molecule has 0 saturated carbocycles. The number of hydrogen-bond donors (Lipinski definition) is 0. The number of ketones is 1. The summed E-state index contributed by atoms with van der Waals surface area (Å²) in [6, 6.07) is 12.8. The van der Waals surface area contributed by atoms with Crippen molar-refractivity contribution >= 4 is 11.8 Å². The fourth-order valence-electron chi connectivity index (χ4n) is 2.31. The van der Waals surface area contributed by atoms with Gasteiger partial charge in [-0.2, -0.15) is 0 Å². The first kappa shape index (κ1) is 20.6. The van der Waals surface area contributed by atoms with Crippen LogP contribution in [0.3, 0.4) is 0 Å². The Kier molecular flexibility index (Phi) is 6.88. The van der Waals surface area contributed by atoms with Gasteiger partial charge in [0.1, 0.15) is 5.56 Å². The summed E-state index contributed by atoms with van der Waals surface area (Å²) in [6.07, 6.45) is 1.43. The Morgan fingerprint density at radius 1 is 1.14 bits per heavy atom. The van der Waals surface area contributed by atoms with E-state index in [-0.39, 0.29) is 22.6 Å². The second-order valence-corrected chi connectivity index (χ2v) is 5.94. The second kappa shape index (κ2) is 9.33. The Morgan fingerprint density at radius 3 is 2.46 bits per heavy atom. The zero-order valence-electron chi connectivity index (χ0n) is 16.0. The van der Waals surface area contributed by atoms with Crippen LogP contribution in [0, 0.1) is 11.9 Å². The molecule has 0 unspecified atom stereocenters. The van der Waals surface area contributed by atoms with Crippen LogP contribution in [-0.2, 0) is 4.74 Å². The summed E-state index contributed by atoms with van der Waals surface area (Å²) < 4.78 is 24.6. The van der Waals surface area contributed by atoms with Crippen molar-refractivity contribution in [2.45, 2.75) is 0 Å². The highest BCUT2D eigenvalue weighted by molar-refractivity contribution is 6.08. The Labute approximate surface area is 162 Å². The molecule has 2 aromatic carbocycles. The standard InChI is InChI=1S/C21H20FN2O4/c1-23-12-14-8-9-18(17(22)10-14)28-19(13-24(2)3)20(25)15-6-5-7-16(11-15)21(26)27-4/h5-11,13H,1-4H3/q+1/b19-13-. The van der Waals surface area contributed by atoms with E-state index in [0.717, 1.165) is 0 Å². The topological polar surface area (TPSA) is 60.2 Å². The first-order valence-corrected chi connectivity index (χ1v) is 8.29. The van der Waals surface area contributed by atoms with Crippen LogP contribution in [0.5, 0.6) is 5.75 Å². The van der Waals surface area contributed by atoms with Crippen LogP contribution in [0.1, 0.15) is 26.3 Å². The number of rotatable bonds is 6. The van der Waals surface area contributed by atoms with Crippen molar-refractivity contribution in [2.24, 2.45) is 0 Å². The van der Waals surface area contributed by atoms with Gasteiger partial charge in [0.15, 0.2) is 17.3 Å². The highest BCUT2D eigenvalue weighted by Gasteiger charge is 2.19. The number of esters is 1. The molecule has 6 nitrogen and oxygen atoms in total. The van der Waals surface area contributed by atoms with Gasteiger partial charge in [0.25, 0.3) is 7.05 Å². The quantitative estimate of drug-likeness (QED) is 0.330. The van der Waals surface area contributed by atoms with Gasteiger partial charge in [-0.25, -0.2) is 9.18 Å². The third-order valence-electron chi connectivity index (χ3n) is 3.54. The van der Waals surface area contributed by atoms with Crippen molar-refractivity contribution in [1.29, 1.82) is 0 Å². The third-order valence-corrected chi connectivity index (χ3v) is 3.54. The van der Waals surface area contributed by atoms with Gasteiger partial charge in [-0.05, 0) is 30.3 Å². The number of allylic oxidation sites excluding steroid dienone is 1. The Hall–Kier alpha value is -3.66. The smallest absolute Gasteiger partial charge is 0.337 e. The van der Waals surface area contributed by atoms with Gasteiger partial charge in [-0.3, -0.25) is 4.79 Å². The molecule has 7 heteroatoms. The summed E-state index contributed by atoms with van der Waals surface area (Å²) in [5, 5.41) is 0. The number of Topliss-reactive ketones (excluding diaryl/α,β-unsaturated/α-hetero) is 1. The number of carbonyl (C=O) groups excluding carboxylic acids is 2. The van der Waals surface area contributed by atoms with Crippen molar-refractivity contribution in [1.82, 2.24) is 4.90 Å². The number of benzene rings is 2. The van der Waals surface area contributed by atoms with E-state index in [4.69, 9.17) is 4.74 Å². The van der Waals surface area contributed by atoms with Crippen molar-refractivity contribution < 1.29 is 23.5 Å². The molecule has 0 amide bonds. The first-order chi connectivity index (χ1) is 13.3. The maximum atomic E-state index is 14.3. The average Bonchev–Trinajstić information content (AvgIpc) is 2.68. The molecular formula is C21H20FN2O4+. The molecule has 2 rings (SSSR count). The minimum absolute atomic E-state index is 0.105. The van der Waals surface area contributed by atoms with E-state index in [1.165, 1.54) is 50.7 Å². The molecule has 28 heavy (non-hydrogen) atoms. The lowest BCUT2D eigenvalue weighted by atomic mass is 10.1. The van der Waals surface area contributed by atoms with Crippen molar-refractivity contribution in [2.75, 3.05) is 28.3 Å². The van der Waals surface area contributed by atoms with E-state index in [2.05, 4.69) is 15.7 Å². The van der Waals surface area contributed by atoms with Crippen LogP contribution in [0.25, 0.3) is 4.85 Å². The van der Waals surface area contributed by atoms with E-state index >= 15 is 0 Å². The number of carbonyl (C=O) groups is 2. The lowest BCUT2D eigenvalue weighted by Crippen LogP contribution is -2.15. The largest absolute Gasteiger partial charge is 0.465 e. The molecule has 0 aromatic heterocycles. The van der Waals surface area contributed by atoms with E-state index < -0.39 is 17.6 Å². The number of nitrogens with zero attached hydrogens (tertiary/aromatic N) is 2. The molecule has 0 aliphatic heterocycles. The van der Waals surface area contributed by atoms with Crippen LogP contribution in [0.4, 0.5) is 4.39 Å².